The van der Waals surface area contributed by atoms with Crippen LogP contribution in [0.15, 0.2) is 72.1 Å². The molecule has 0 saturated carbocycles. The van der Waals surface area contributed by atoms with Crippen LogP contribution >= 0.6 is 11.3 Å². The van der Waals surface area contributed by atoms with Crippen molar-refractivity contribution in [2.45, 2.75) is 19.4 Å². The molecule has 3 aromatic rings. The average Bonchev–Trinajstić information content (AvgIpc) is 3.14. The van der Waals surface area contributed by atoms with Gasteiger partial charge in [-0.25, -0.2) is 0 Å². The summed E-state index contributed by atoms with van der Waals surface area (Å²) < 4.78 is 5.94. The molecule has 2 nitrogen and oxygen atoms in total. The third-order valence-corrected chi connectivity index (χ3v) is 4.54. The van der Waals surface area contributed by atoms with Gasteiger partial charge in [0.05, 0.1) is 4.88 Å². The summed E-state index contributed by atoms with van der Waals surface area (Å²) in [6.45, 7) is 0.538. The minimum Gasteiger partial charge on any atom is -0.489 e. The summed E-state index contributed by atoms with van der Waals surface area (Å²) >= 11 is 1.50. The summed E-state index contributed by atoms with van der Waals surface area (Å²) in [5.41, 5.74) is 2.21. The van der Waals surface area contributed by atoms with E-state index in [0.717, 1.165) is 21.8 Å². The van der Waals surface area contributed by atoms with Crippen molar-refractivity contribution < 1.29 is 9.53 Å². The maximum absolute atomic E-state index is 12.1. The molecule has 0 aliphatic carbocycles. The van der Waals surface area contributed by atoms with Crippen molar-refractivity contribution in [2.24, 2.45) is 0 Å². The van der Waals surface area contributed by atoms with Gasteiger partial charge in [-0.2, -0.15) is 0 Å². The van der Waals surface area contributed by atoms with Crippen LogP contribution in [0.3, 0.4) is 0 Å². The van der Waals surface area contributed by atoms with Gasteiger partial charge >= 0.3 is 0 Å². The number of carbonyl (C=O) groups excluding carboxylic acids is 1. The summed E-state index contributed by atoms with van der Waals surface area (Å²) in [4.78, 5) is 13.0. The standard InChI is InChI=1S/C20H18O2S/c21-18(20-11-6-14-23-20)13-12-17-9-4-5-10-19(17)22-15-16-7-2-1-3-8-16/h1-11,14H,12-13,15H2. The van der Waals surface area contributed by atoms with Crippen LogP contribution in [0, 0.1) is 0 Å². The minimum atomic E-state index is 0.192. The van der Waals surface area contributed by atoms with Crippen molar-refractivity contribution in [1.82, 2.24) is 0 Å². The largest absolute Gasteiger partial charge is 0.489 e. The first-order chi connectivity index (χ1) is 11.3. The van der Waals surface area contributed by atoms with E-state index in [9.17, 15) is 4.79 Å². The van der Waals surface area contributed by atoms with E-state index < -0.39 is 0 Å². The third-order valence-electron chi connectivity index (χ3n) is 3.63. The molecular formula is C20H18O2S. The van der Waals surface area contributed by atoms with Gasteiger partial charge in [0.1, 0.15) is 12.4 Å². The molecule has 2 aromatic carbocycles. The molecule has 0 unspecified atom stereocenters. The first-order valence-electron chi connectivity index (χ1n) is 7.64. The maximum atomic E-state index is 12.1. The fourth-order valence-electron chi connectivity index (χ4n) is 2.40. The number of ketones is 1. The third kappa shape index (κ3) is 4.30. The van der Waals surface area contributed by atoms with Gasteiger partial charge < -0.3 is 4.74 Å². The number of aryl methyl sites for hydroxylation is 1. The zero-order valence-electron chi connectivity index (χ0n) is 12.8. The topological polar surface area (TPSA) is 26.3 Å². The molecule has 0 fully saturated rings. The van der Waals surface area contributed by atoms with E-state index in [-0.39, 0.29) is 5.78 Å². The maximum Gasteiger partial charge on any atom is 0.173 e. The summed E-state index contributed by atoms with van der Waals surface area (Å²) in [7, 11) is 0. The number of carbonyl (C=O) groups is 1. The molecule has 0 bridgehead atoms. The van der Waals surface area contributed by atoms with Crippen molar-refractivity contribution >= 4 is 17.1 Å². The SMILES string of the molecule is O=C(CCc1ccccc1OCc1ccccc1)c1cccs1. The highest BCUT2D eigenvalue weighted by molar-refractivity contribution is 7.12. The van der Waals surface area contributed by atoms with Crippen molar-refractivity contribution in [3.63, 3.8) is 0 Å². The quantitative estimate of drug-likeness (QED) is 0.563. The van der Waals surface area contributed by atoms with Crippen molar-refractivity contribution in [1.29, 1.82) is 0 Å². The lowest BCUT2D eigenvalue weighted by atomic mass is 10.1. The van der Waals surface area contributed by atoms with Crippen LogP contribution in [0.5, 0.6) is 5.75 Å². The van der Waals surface area contributed by atoms with E-state index in [1.807, 2.05) is 72.1 Å². The smallest absolute Gasteiger partial charge is 0.173 e. The lowest BCUT2D eigenvalue weighted by Crippen LogP contribution is -2.02. The molecule has 3 rings (SSSR count). The number of thiophene rings is 1. The van der Waals surface area contributed by atoms with Crippen LogP contribution in [0.25, 0.3) is 0 Å². The van der Waals surface area contributed by atoms with Crippen LogP contribution < -0.4 is 4.74 Å². The van der Waals surface area contributed by atoms with Gasteiger partial charge in [-0.1, -0.05) is 54.6 Å². The number of ether oxygens (including phenoxy) is 1. The summed E-state index contributed by atoms with van der Waals surface area (Å²) in [5.74, 6) is 1.05. The molecule has 0 radical (unpaired) electrons. The van der Waals surface area contributed by atoms with Crippen LogP contribution in [0.1, 0.15) is 27.2 Å². The highest BCUT2D eigenvalue weighted by atomic mass is 32.1. The summed E-state index contributed by atoms with van der Waals surface area (Å²) in [6.07, 6.45) is 1.20. The second-order valence-electron chi connectivity index (χ2n) is 5.28. The van der Waals surface area contributed by atoms with Gasteiger partial charge in [0.25, 0.3) is 0 Å². The van der Waals surface area contributed by atoms with E-state index in [1.165, 1.54) is 11.3 Å². The summed E-state index contributed by atoms with van der Waals surface area (Å²) in [5, 5.41) is 1.93. The Balaban J connectivity index is 1.62. The van der Waals surface area contributed by atoms with Crippen LogP contribution in [0.4, 0.5) is 0 Å². The molecule has 23 heavy (non-hydrogen) atoms. The first kappa shape index (κ1) is 15.5. The lowest BCUT2D eigenvalue weighted by molar-refractivity contribution is 0.0986. The fourth-order valence-corrected chi connectivity index (χ4v) is 3.09. The predicted octanol–water partition coefficient (Wildman–Crippen LogP) is 5.14. The Morgan fingerprint density at radius 3 is 2.48 bits per heavy atom. The molecule has 0 amide bonds. The Hall–Kier alpha value is -2.39. The predicted molar refractivity (Wildman–Crippen MR) is 94.2 cm³/mol. The number of para-hydroxylation sites is 1. The molecule has 0 aliphatic heterocycles. The molecular weight excluding hydrogens is 304 g/mol. The van der Waals surface area contributed by atoms with E-state index >= 15 is 0 Å². The van der Waals surface area contributed by atoms with E-state index in [0.29, 0.717) is 19.4 Å². The van der Waals surface area contributed by atoms with Crippen LogP contribution in [-0.4, -0.2) is 5.78 Å². The fraction of sp³-hybridized carbons (Fsp3) is 0.150. The number of hydrogen-bond donors (Lipinski definition) is 0. The molecule has 3 heteroatoms. The van der Waals surface area contributed by atoms with Crippen molar-refractivity contribution in [3.05, 3.63) is 88.1 Å². The molecule has 0 spiro atoms. The van der Waals surface area contributed by atoms with Gasteiger partial charge in [-0.3, -0.25) is 4.79 Å². The van der Waals surface area contributed by atoms with Gasteiger partial charge in [-0.15, -0.1) is 11.3 Å². The highest BCUT2D eigenvalue weighted by Crippen LogP contribution is 2.22. The minimum absolute atomic E-state index is 0.192. The van der Waals surface area contributed by atoms with Crippen LogP contribution in [-0.2, 0) is 13.0 Å². The van der Waals surface area contributed by atoms with Crippen molar-refractivity contribution in [2.75, 3.05) is 0 Å². The molecule has 0 atom stereocenters. The monoisotopic (exact) mass is 322 g/mol. The lowest BCUT2D eigenvalue weighted by Gasteiger charge is -2.11. The second-order valence-corrected chi connectivity index (χ2v) is 6.23. The number of benzene rings is 2. The number of Topliss-reactive ketones (excluding diaryl/α,β-unsaturated/α-hetero) is 1. The number of rotatable bonds is 7. The Morgan fingerprint density at radius 2 is 1.70 bits per heavy atom. The summed E-state index contributed by atoms with van der Waals surface area (Å²) in [6, 6.07) is 21.8. The average molecular weight is 322 g/mol. The molecule has 1 aromatic heterocycles. The molecule has 1 heterocycles. The van der Waals surface area contributed by atoms with Gasteiger partial charge in [0, 0.05) is 6.42 Å². The van der Waals surface area contributed by atoms with Gasteiger partial charge in [0.2, 0.25) is 0 Å². The number of hydrogen-bond acceptors (Lipinski definition) is 3. The van der Waals surface area contributed by atoms with E-state index in [1.54, 1.807) is 0 Å². The van der Waals surface area contributed by atoms with Gasteiger partial charge in [0.15, 0.2) is 5.78 Å². The van der Waals surface area contributed by atoms with Gasteiger partial charge in [-0.05, 0) is 35.1 Å². The highest BCUT2D eigenvalue weighted by Gasteiger charge is 2.09. The zero-order chi connectivity index (χ0) is 15.9. The molecule has 0 N–H and O–H groups in total. The molecule has 0 aliphatic rings. The molecule has 0 saturated heterocycles. The van der Waals surface area contributed by atoms with Crippen LogP contribution in [0.2, 0.25) is 0 Å². The Morgan fingerprint density at radius 1 is 0.913 bits per heavy atom. The van der Waals surface area contributed by atoms with Crippen molar-refractivity contribution in [3.8, 4) is 5.75 Å². The first-order valence-corrected chi connectivity index (χ1v) is 8.52. The second kappa shape index (κ2) is 7.75. The normalized spacial score (nSPS) is 10.4. The van der Waals surface area contributed by atoms with E-state index in [2.05, 4.69) is 0 Å². The Labute approximate surface area is 140 Å². The Bertz CT molecular complexity index is 748. The zero-order valence-corrected chi connectivity index (χ0v) is 13.6. The Kier molecular flexibility index (Phi) is 5.22. The van der Waals surface area contributed by atoms with E-state index in [4.69, 9.17) is 4.74 Å². The molecule has 116 valence electrons.